The molecular formula is C21H21N5O2. The number of benzene rings is 1. The Bertz CT molecular complexity index is 1150. The van der Waals surface area contributed by atoms with Crippen molar-refractivity contribution in [2.24, 2.45) is 7.05 Å². The monoisotopic (exact) mass is 375 g/mol. The van der Waals surface area contributed by atoms with Gasteiger partial charge in [0.2, 0.25) is 0 Å². The van der Waals surface area contributed by atoms with E-state index in [-0.39, 0.29) is 11.9 Å². The van der Waals surface area contributed by atoms with Gasteiger partial charge in [0.15, 0.2) is 0 Å². The summed E-state index contributed by atoms with van der Waals surface area (Å²) in [6, 6.07) is 9.32. The van der Waals surface area contributed by atoms with Gasteiger partial charge in [0.1, 0.15) is 12.0 Å². The number of fused-ring (bicyclic) bond motifs is 1. The molecule has 3 heterocycles. The van der Waals surface area contributed by atoms with Crippen molar-refractivity contribution in [2.75, 3.05) is 7.05 Å². The fourth-order valence-corrected chi connectivity index (χ4v) is 3.22. The van der Waals surface area contributed by atoms with Gasteiger partial charge in [0.25, 0.3) is 5.91 Å². The van der Waals surface area contributed by atoms with Crippen LogP contribution < -0.4 is 0 Å². The van der Waals surface area contributed by atoms with Crippen molar-refractivity contribution in [3.8, 4) is 11.3 Å². The first-order chi connectivity index (χ1) is 13.4. The molecule has 7 heteroatoms. The molecule has 28 heavy (non-hydrogen) atoms. The first-order valence-corrected chi connectivity index (χ1v) is 9.02. The van der Waals surface area contributed by atoms with Crippen LogP contribution in [0.3, 0.4) is 0 Å². The number of aryl methyl sites for hydroxylation is 2. The average Bonchev–Trinajstić information content (AvgIpc) is 3.37. The molecule has 7 nitrogen and oxygen atoms in total. The third-order valence-electron chi connectivity index (χ3n) is 4.98. The lowest BCUT2D eigenvalue weighted by atomic mass is 10.0. The highest BCUT2D eigenvalue weighted by Crippen LogP contribution is 2.28. The standard InChI is InChI=1S/C21H21N5O2/c1-13-5-6-16-17(21(27)26(4)14(2)18-7-8-28-24-18)10-19(23-20(16)9-13)15-11-22-25(3)12-15/h5-12,14H,1-4H3/t14-/m0/s1. The smallest absolute Gasteiger partial charge is 0.254 e. The number of carbonyl (C=O) groups excluding carboxylic acids is 1. The van der Waals surface area contributed by atoms with Crippen LogP contribution >= 0.6 is 0 Å². The molecule has 0 N–H and O–H groups in total. The van der Waals surface area contributed by atoms with Crippen molar-refractivity contribution < 1.29 is 9.32 Å². The molecule has 0 radical (unpaired) electrons. The average molecular weight is 375 g/mol. The van der Waals surface area contributed by atoms with Gasteiger partial charge in [-0.25, -0.2) is 4.98 Å². The van der Waals surface area contributed by atoms with Crippen molar-refractivity contribution in [1.29, 1.82) is 0 Å². The number of hydrogen-bond donors (Lipinski definition) is 0. The summed E-state index contributed by atoms with van der Waals surface area (Å²) in [6.45, 7) is 3.93. The lowest BCUT2D eigenvalue weighted by Crippen LogP contribution is -2.30. The molecule has 0 aliphatic carbocycles. The first-order valence-electron chi connectivity index (χ1n) is 9.02. The molecule has 0 saturated carbocycles. The van der Waals surface area contributed by atoms with E-state index in [1.807, 2.05) is 51.4 Å². The molecule has 3 aromatic heterocycles. The highest BCUT2D eigenvalue weighted by atomic mass is 16.5. The predicted octanol–water partition coefficient (Wildman–Crippen LogP) is 3.76. The first kappa shape index (κ1) is 17.9. The molecular weight excluding hydrogens is 354 g/mol. The maximum atomic E-state index is 13.4. The topological polar surface area (TPSA) is 77.0 Å². The van der Waals surface area contributed by atoms with Gasteiger partial charge in [-0.3, -0.25) is 9.48 Å². The number of amides is 1. The van der Waals surface area contributed by atoms with E-state index in [0.29, 0.717) is 11.3 Å². The number of aromatic nitrogens is 4. The highest BCUT2D eigenvalue weighted by molar-refractivity contribution is 6.07. The summed E-state index contributed by atoms with van der Waals surface area (Å²) >= 11 is 0. The van der Waals surface area contributed by atoms with Crippen molar-refractivity contribution >= 4 is 16.8 Å². The minimum atomic E-state index is -0.221. The Balaban J connectivity index is 1.83. The molecule has 4 rings (SSSR count). The number of hydrogen-bond acceptors (Lipinski definition) is 5. The Morgan fingerprint density at radius 2 is 2.07 bits per heavy atom. The number of carbonyl (C=O) groups is 1. The Hall–Kier alpha value is -3.48. The molecule has 1 aromatic carbocycles. The molecule has 0 aliphatic rings. The Morgan fingerprint density at radius 1 is 1.25 bits per heavy atom. The molecule has 0 unspecified atom stereocenters. The highest BCUT2D eigenvalue weighted by Gasteiger charge is 2.23. The molecule has 4 aromatic rings. The molecule has 0 aliphatic heterocycles. The zero-order chi connectivity index (χ0) is 19.8. The summed E-state index contributed by atoms with van der Waals surface area (Å²) in [7, 11) is 3.63. The van der Waals surface area contributed by atoms with E-state index in [0.717, 1.165) is 27.7 Å². The van der Waals surface area contributed by atoms with Crippen molar-refractivity contribution in [3.05, 3.63) is 65.8 Å². The van der Waals surface area contributed by atoms with E-state index in [9.17, 15) is 4.79 Å². The van der Waals surface area contributed by atoms with Gasteiger partial charge >= 0.3 is 0 Å². The number of pyridine rings is 1. The van der Waals surface area contributed by atoms with E-state index in [4.69, 9.17) is 9.51 Å². The van der Waals surface area contributed by atoms with Gasteiger partial charge < -0.3 is 9.42 Å². The maximum Gasteiger partial charge on any atom is 0.254 e. The van der Waals surface area contributed by atoms with Gasteiger partial charge in [0.05, 0.1) is 29.0 Å². The summed E-state index contributed by atoms with van der Waals surface area (Å²) in [5.41, 5.74) is 4.77. The molecule has 0 spiro atoms. The number of nitrogens with zero attached hydrogens (tertiary/aromatic N) is 5. The van der Waals surface area contributed by atoms with Crippen LogP contribution in [-0.4, -0.2) is 37.8 Å². The lowest BCUT2D eigenvalue weighted by molar-refractivity contribution is 0.0739. The number of rotatable bonds is 4. The Labute approximate surface area is 162 Å². The zero-order valence-electron chi connectivity index (χ0n) is 16.2. The van der Waals surface area contributed by atoms with Crippen LogP contribution in [0.25, 0.3) is 22.2 Å². The normalized spacial score (nSPS) is 12.3. The molecule has 142 valence electrons. The summed E-state index contributed by atoms with van der Waals surface area (Å²) < 4.78 is 6.65. The largest absolute Gasteiger partial charge is 0.364 e. The lowest BCUT2D eigenvalue weighted by Gasteiger charge is -2.24. The van der Waals surface area contributed by atoms with Crippen LogP contribution in [0.1, 0.15) is 34.6 Å². The van der Waals surface area contributed by atoms with E-state index < -0.39 is 0 Å². The summed E-state index contributed by atoms with van der Waals surface area (Å²) in [6.07, 6.45) is 5.15. The second-order valence-electron chi connectivity index (χ2n) is 6.99. The molecule has 0 saturated heterocycles. The van der Waals surface area contributed by atoms with Crippen LogP contribution in [-0.2, 0) is 7.05 Å². The van der Waals surface area contributed by atoms with Crippen LogP contribution in [0.4, 0.5) is 0 Å². The van der Waals surface area contributed by atoms with Crippen molar-refractivity contribution in [3.63, 3.8) is 0 Å². The van der Waals surface area contributed by atoms with Crippen LogP contribution in [0.15, 0.2) is 53.5 Å². The van der Waals surface area contributed by atoms with Gasteiger partial charge in [-0.1, -0.05) is 17.3 Å². The summed E-state index contributed by atoms with van der Waals surface area (Å²) in [5.74, 6) is -0.100. The van der Waals surface area contributed by atoms with Gasteiger partial charge in [0, 0.05) is 37.3 Å². The Morgan fingerprint density at radius 3 is 2.75 bits per heavy atom. The fraction of sp³-hybridized carbons (Fsp3) is 0.238. The molecule has 0 bridgehead atoms. The van der Waals surface area contributed by atoms with E-state index in [2.05, 4.69) is 10.3 Å². The van der Waals surface area contributed by atoms with Crippen LogP contribution in [0, 0.1) is 6.92 Å². The molecule has 1 amide bonds. The third kappa shape index (κ3) is 3.15. The predicted molar refractivity (Wildman–Crippen MR) is 106 cm³/mol. The molecule has 1 atom stereocenters. The second-order valence-corrected chi connectivity index (χ2v) is 6.99. The Kier molecular flexibility index (Phi) is 4.43. The van der Waals surface area contributed by atoms with E-state index in [1.165, 1.54) is 6.26 Å². The van der Waals surface area contributed by atoms with Crippen LogP contribution in [0.5, 0.6) is 0 Å². The van der Waals surface area contributed by atoms with E-state index in [1.54, 1.807) is 28.9 Å². The summed E-state index contributed by atoms with van der Waals surface area (Å²) in [4.78, 5) is 19.8. The van der Waals surface area contributed by atoms with Crippen molar-refractivity contribution in [1.82, 2.24) is 24.8 Å². The summed E-state index contributed by atoms with van der Waals surface area (Å²) in [5, 5.41) is 9.01. The minimum absolute atomic E-state index is 0.100. The van der Waals surface area contributed by atoms with Gasteiger partial charge in [-0.05, 0) is 31.5 Å². The quantitative estimate of drug-likeness (QED) is 0.543. The second kappa shape index (κ2) is 6.92. The van der Waals surface area contributed by atoms with E-state index >= 15 is 0 Å². The van der Waals surface area contributed by atoms with Crippen LogP contribution in [0.2, 0.25) is 0 Å². The van der Waals surface area contributed by atoms with Gasteiger partial charge in [-0.15, -0.1) is 0 Å². The maximum absolute atomic E-state index is 13.4. The third-order valence-corrected chi connectivity index (χ3v) is 4.98. The fourth-order valence-electron chi connectivity index (χ4n) is 3.22. The zero-order valence-corrected chi connectivity index (χ0v) is 16.2. The molecule has 0 fully saturated rings. The van der Waals surface area contributed by atoms with Crippen molar-refractivity contribution in [2.45, 2.75) is 19.9 Å². The minimum Gasteiger partial charge on any atom is -0.364 e. The SMILES string of the molecule is Cc1ccc2c(C(=O)N(C)[C@@H](C)c3ccon3)cc(-c3cnn(C)c3)nc2c1. The van der Waals surface area contributed by atoms with Gasteiger partial charge in [-0.2, -0.15) is 5.10 Å².